The molecule has 0 spiro atoms. The first kappa shape index (κ1) is 8.20. The molecule has 0 aliphatic carbocycles. The highest BCUT2D eigenvalue weighted by Crippen LogP contribution is 2.19. The molecule has 4 nitrogen and oxygen atoms in total. The molecule has 62 valence electrons. The van der Waals surface area contributed by atoms with E-state index in [0.29, 0.717) is 19.3 Å². The van der Waals surface area contributed by atoms with Gasteiger partial charge in [0.05, 0.1) is 0 Å². The Balaban J connectivity index is 2.42. The molecule has 1 aliphatic heterocycles. The van der Waals surface area contributed by atoms with Crippen LogP contribution in [0, 0.1) is 5.92 Å². The lowest BCUT2D eigenvalue weighted by Gasteiger charge is -2.06. The summed E-state index contributed by atoms with van der Waals surface area (Å²) in [6.45, 7) is 2.30. The van der Waals surface area contributed by atoms with Crippen molar-refractivity contribution < 1.29 is 19.1 Å². The lowest BCUT2D eigenvalue weighted by molar-refractivity contribution is -0.162. The first-order valence-corrected chi connectivity index (χ1v) is 3.55. The Morgan fingerprint density at radius 1 is 1.82 bits per heavy atom. The van der Waals surface area contributed by atoms with Crippen LogP contribution in [0.25, 0.3) is 0 Å². The van der Waals surface area contributed by atoms with E-state index < -0.39 is 18.2 Å². The van der Waals surface area contributed by atoms with Gasteiger partial charge in [0, 0.05) is 13.0 Å². The Labute approximate surface area is 64.5 Å². The fourth-order valence-electron chi connectivity index (χ4n) is 0.968. The molecule has 1 heterocycles. The molecule has 0 aromatic carbocycles. The monoisotopic (exact) mass is 158 g/mol. The fourth-order valence-corrected chi connectivity index (χ4v) is 0.968. The Kier molecular flexibility index (Phi) is 2.59. The number of carbonyl (C=O) groups excluding carboxylic acids is 2. The third kappa shape index (κ3) is 1.77. The van der Waals surface area contributed by atoms with Crippen molar-refractivity contribution in [1.29, 1.82) is 0 Å². The molecule has 1 aliphatic rings. The molecular formula is C7H10O4. The predicted octanol–water partition coefficient (Wildman–Crippen LogP) is 0.111. The van der Waals surface area contributed by atoms with E-state index in [2.05, 4.69) is 0 Å². The van der Waals surface area contributed by atoms with Gasteiger partial charge in [0.15, 0.2) is 0 Å². The van der Waals surface area contributed by atoms with Crippen LogP contribution in [0.1, 0.15) is 13.3 Å². The Morgan fingerprint density at radius 3 is 3.00 bits per heavy atom. The lowest BCUT2D eigenvalue weighted by Crippen LogP contribution is -2.10. The number of carbonyl (C=O) groups is 2. The molecule has 0 saturated carbocycles. The van der Waals surface area contributed by atoms with Crippen molar-refractivity contribution in [2.75, 3.05) is 6.61 Å². The van der Waals surface area contributed by atoms with Crippen molar-refractivity contribution in [2.45, 2.75) is 19.6 Å². The van der Waals surface area contributed by atoms with Crippen molar-refractivity contribution in [2.24, 2.45) is 5.92 Å². The molecule has 1 saturated heterocycles. The molecule has 0 N–H and O–H groups in total. The summed E-state index contributed by atoms with van der Waals surface area (Å²) < 4.78 is 9.72. The van der Waals surface area contributed by atoms with Crippen molar-refractivity contribution >= 4 is 12.3 Å². The molecule has 0 aromatic rings. The molecule has 11 heavy (non-hydrogen) atoms. The highest BCUT2D eigenvalue weighted by atomic mass is 16.7. The van der Waals surface area contributed by atoms with Crippen LogP contribution in [0.3, 0.4) is 0 Å². The number of ether oxygens (including phenoxy) is 2. The van der Waals surface area contributed by atoms with E-state index in [1.807, 2.05) is 6.92 Å². The van der Waals surface area contributed by atoms with Gasteiger partial charge in [-0.2, -0.15) is 0 Å². The minimum Gasteiger partial charge on any atom is -0.435 e. The Hall–Kier alpha value is -0.900. The number of hydrogen-bond acceptors (Lipinski definition) is 4. The van der Waals surface area contributed by atoms with Gasteiger partial charge in [0.25, 0.3) is 0 Å². The molecule has 4 heteroatoms. The summed E-state index contributed by atoms with van der Waals surface area (Å²) in [5.41, 5.74) is 0. The minimum absolute atomic E-state index is 0.357. The van der Waals surface area contributed by atoms with E-state index in [1.54, 1.807) is 0 Å². The van der Waals surface area contributed by atoms with E-state index >= 15 is 0 Å². The van der Waals surface area contributed by atoms with Crippen LogP contribution in [0.2, 0.25) is 0 Å². The molecule has 0 bridgehead atoms. The highest BCUT2D eigenvalue weighted by molar-refractivity contribution is 5.89. The normalized spacial score (nSPS) is 30.1. The van der Waals surface area contributed by atoms with E-state index in [1.165, 1.54) is 0 Å². The summed E-state index contributed by atoms with van der Waals surface area (Å²) in [5, 5.41) is 0. The van der Waals surface area contributed by atoms with Gasteiger partial charge in [0.2, 0.25) is 6.29 Å². The highest BCUT2D eigenvalue weighted by Gasteiger charge is 2.34. The summed E-state index contributed by atoms with van der Waals surface area (Å²) in [4.78, 5) is 21.0. The molecule has 1 rings (SSSR count). The van der Waals surface area contributed by atoms with E-state index in [9.17, 15) is 9.59 Å². The summed E-state index contributed by atoms with van der Waals surface area (Å²) in [7, 11) is 0. The molecule has 0 amide bonds. The number of cyclic esters (lactones) is 1. The average Bonchev–Trinajstić information content (AvgIpc) is 2.32. The topological polar surface area (TPSA) is 52.6 Å². The first-order chi connectivity index (χ1) is 5.27. The van der Waals surface area contributed by atoms with Crippen LogP contribution < -0.4 is 0 Å². The molecule has 2 atom stereocenters. The van der Waals surface area contributed by atoms with Gasteiger partial charge in [-0.1, -0.05) is 0 Å². The maximum Gasteiger partial charge on any atom is 0.318 e. The van der Waals surface area contributed by atoms with Crippen molar-refractivity contribution in [3.63, 3.8) is 0 Å². The van der Waals surface area contributed by atoms with Crippen molar-refractivity contribution in [3.8, 4) is 0 Å². The summed E-state index contributed by atoms with van der Waals surface area (Å²) in [6, 6.07) is 0. The van der Waals surface area contributed by atoms with Gasteiger partial charge in [-0.3, -0.25) is 4.79 Å². The lowest BCUT2D eigenvalue weighted by atomic mass is 10.1. The van der Waals surface area contributed by atoms with Crippen molar-refractivity contribution in [3.05, 3.63) is 0 Å². The second-order valence-electron chi connectivity index (χ2n) is 2.30. The molecule has 1 fully saturated rings. The average molecular weight is 158 g/mol. The zero-order chi connectivity index (χ0) is 8.27. The van der Waals surface area contributed by atoms with Crippen LogP contribution in [0.4, 0.5) is 0 Å². The first-order valence-electron chi connectivity index (χ1n) is 3.55. The van der Waals surface area contributed by atoms with Crippen LogP contribution in [0.15, 0.2) is 0 Å². The second kappa shape index (κ2) is 3.48. The second-order valence-corrected chi connectivity index (χ2v) is 2.30. The zero-order valence-electron chi connectivity index (χ0n) is 6.28. The Morgan fingerprint density at radius 2 is 2.55 bits per heavy atom. The molecular weight excluding hydrogens is 148 g/mol. The van der Waals surface area contributed by atoms with Crippen LogP contribution in [-0.4, -0.2) is 25.2 Å². The number of esters is 1. The zero-order valence-corrected chi connectivity index (χ0v) is 6.28. The smallest absolute Gasteiger partial charge is 0.318 e. The van der Waals surface area contributed by atoms with Crippen LogP contribution in [0.5, 0.6) is 0 Å². The SMILES string of the molecule is CCO[C@H]1C[C@H](C=O)C(=O)O1. The third-order valence-electron chi connectivity index (χ3n) is 1.51. The number of hydrogen-bond donors (Lipinski definition) is 0. The van der Waals surface area contributed by atoms with E-state index in [-0.39, 0.29) is 0 Å². The van der Waals surface area contributed by atoms with Gasteiger partial charge < -0.3 is 14.3 Å². The van der Waals surface area contributed by atoms with Gasteiger partial charge >= 0.3 is 5.97 Å². The molecule has 0 aromatic heterocycles. The van der Waals surface area contributed by atoms with Gasteiger partial charge in [-0.05, 0) is 6.92 Å². The molecule has 0 radical (unpaired) electrons. The number of rotatable bonds is 3. The predicted molar refractivity (Wildman–Crippen MR) is 35.7 cm³/mol. The van der Waals surface area contributed by atoms with Crippen molar-refractivity contribution in [1.82, 2.24) is 0 Å². The maximum absolute atomic E-state index is 10.8. The van der Waals surface area contributed by atoms with E-state index in [0.717, 1.165) is 0 Å². The summed E-state index contributed by atoms with van der Waals surface area (Å²) in [6.07, 6.45) is 0.444. The minimum atomic E-state index is -0.619. The number of aldehydes is 1. The Bertz CT molecular complexity index is 166. The van der Waals surface area contributed by atoms with Gasteiger partial charge in [0.1, 0.15) is 12.2 Å². The maximum atomic E-state index is 10.8. The third-order valence-corrected chi connectivity index (χ3v) is 1.51. The molecule has 0 unspecified atom stereocenters. The van der Waals surface area contributed by atoms with Gasteiger partial charge in [-0.25, -0.2) is 0 Å². The van der Waals surface area contributed by atoms with Crippen LogP contribution in [-0.2, 0) is 19.1 Å². The van der Waals surface area contributed by atoms with Crippen LogP contribution >= 0.6 is 0 Å². The standard InChI is InChI=1S/C7H10O4/c1-2-10-6-3-5(4-8)7(9)11-6/h4-6H,2-3H2,1H3/t5-,6-/m1/s1. The quantitative estimate of drug-likeness (QED) is 0.332. The fraction of sp³-hybridized carbons (Fsp3) is 0.714. The summed E-state index contributed by atoms with van der Waals surface area (Å²) in [5.74, 6) is -1.09. The van der Waals surface area contributed by atoms with Gasteiger partial charge in [-0.15, -0.1) is 0 Å². The van der Waals surface area contributed by atoms with E-state index in [4.69, 9.17) is 9.47 Å². The summed E-state index contributed by atoms with van der Waals surface area (Å²) >= 11 is 0. The largest absolute Gasteiger partial charge is 0.435 e.